The normalized spacial score (nSPS) is 20.9. The van der Waals surface area contributed by atoms with Gasteiger partial charge in [0.2, 0.25) is 5.91 Å². The molecule has 3 rings (SSSR count). The lowest BCUT2D eigenvalue weighted by Gasteiger charge is -2.44. The minimum Gasteiger partial charge on any atom is -0.276 e. The second-order valence-corrected chi connectivity index (χ2v) is 6.24. The van der Waals surface area contributed by atoms with Crippen molar-refractivity contribution >= 4 is 39.5 Å². The van der Waals surface area contributed by atoms with Crippen LogP contribution in [0.5, 0.6) is 0 Å². The second-order valence-electron chi connectivity index (χ2n) is 5.32. The average Bonchev–Trinajstić information content (AvgIpc) is 2.24. The molecule has 1 aromatic rings. The van der Waals surface area contributed by atoms with Gasteiger partial charge in [-0.1, -0.05) is 22.4 Å². The zero-order valence-electron chi connectivity index (χ0n) is 10.9. The molecule has 1 spiro atoms. The van der Waals surface area contributed by atoms with Crippen molar-refractivity contribution in [2.45, 2.75) is 26.2 Å². The zero-order valence-corrected chi connectivity index (χ0v) is 12.5. The van der Waals surface area contributed by atoms with Crippen molar-refractivity contribution < 1.29 is 14.4 Å². The van der Waals surface area contributed by atoms with Crippen LogP contribution in [0.1, 0.15) is 24.8 Å². The fraction of sp³-hybridized carbons (Fsp3) is 0.357. The summed E-state index contributed by atoms with van der Waals surface area (Å²) in [6, 6.07) is 4.67. The van der Waals surface area contributed by atoms with Crippen LogP contribution >= 0.6 is 15.9 Å². The Kier molecular flexibility index (Phi) is 2.93. The Hall–Kier alpha value is -1.69. The highest BCUT2D eigenvalue weighted by Gasteiger charge is 2.57. The molecular formula is C14H13BrN2O3. The third-order valence-corrected chi connectivity index (χ3v) is 4.42. The molecule has 1 heterocycles. The smallest absolute Gasteiger partial charge is 0.276 e. The molecule has 1 aliphatic heterocycles. The van der Waals surface area contributed by atoms with Gasteiger partial charge in [-0.2, -0.15) is 0 Å². The summed E-state index contributed by atoms with van der Waals surface area (Å²) in [6.45, 7) is 1.88. The van der Waals surface area contributed by atoms with Gasteiger partial charge in [0.05, 0.1) is 5.69 Å². The van der Waals surface area contributed by atoms with Crippen molar-refractivity contribution in [3.05, 3.63) is 28.2 Å². The van der Waals surface area contributed by atoms with E-state index >= 15 is 0 Å². The van der Waals surface area contributed by atoms with E-state index in [4.69, 9.17) is 0 Å². The molecule has 0 atom stereocenters. The maximum atomic E-state index is 12.6. The lowest BCUT2D eigenvalue weighted by Crippen LogP contribution is -2.66. The topological polar surface area (TPSA) is 66.5 Å². The van der Waals surface area contributed by atoms with Crippen LogP contribution in [0.4, 0.5) is 10.5 Å². The summed E-state index contributed by atoms with van der Waals surface area (Å²) in [5.41, 5.74) is 0.372. The van der Waals surface area contributed by atoms with Gasteiger partial charge in [-0.05, 0) is 43.5 Å². The maximum absolute atomic E-state index is 12.6. The van der Waals surface area contributed by atoms with E-state index in [0.29, 0.717) is 18.5 Å². The SMILES string of the molecule is Cc1cc(Br)cc(N2C(=O)NC(=O)C3(CCC3)C2=O)c1. The first-order chi connectivity index (χ1) is 9.44. The van der Waals surface area contributed by atoms with Crippen molar-refractivity contribution in [2.75, 3.05) is 4.90 Å². The zero-order chi connectivity index (χ0) is 14.5. The van der Waals surface area contributed by atoms with E-state index < -0.39 is 23.3 Å². The molecule has 0 radical (unpaired) electrons. The number of nitrogens with zero attached hydrogens (tertiary/aromatic N) is 1. The van der Waals surface area contributed by atoms with Crippen LogP contribution in [-0.4, -0.2) is 17.8 Å². The number of urea groups is 1. The van der Waals surface area contributed by atoms with Crippen LogP contribution in [0.15, 0.2) is 22.7 Å². The number of halogens is 1. The Labute approximate surface area is 124 Å². The van der Waals surface area contributed by atoms with Gasteiger partial charge in [-0.3, -0.25) is 14.9 Å². The number of imide groups is 2. The Bertz CT molecular complexity index is 617. The molecular weight excluding hydrogens is 324 g/mol. The standard InChI is InChI=1S/C14H13BrN2O3/c1-8-5-9(15)7-10(6-8)17-12(19)14(3-2-4-14)11(18)16-13(17)20/h5-7H,2-4H2,1H3,(H,16,18,20). The number of amides is 4. The van der Waals surface area contributed by atoms with Crippen LogP contribution in [0, 0.1) is 12.3 Å². The molecule has 1 N–H and O–H groups in total. The summed E-state index contributed by atoms with van der Waals surface area (Å²) < 4.78 is 0.785. The first-order valence-corrected chi connectivity index (χ1v) is 7.20. The molecule has 0 bridgehead atoms. The molecule has 1 saturated carbocycles. The van der Waals surface area contributed by atoms with Crippen LogP contribution in [-0.2, 0) is 9.59 Å². The van der Waals surface area contributed by atoms with Gasteiger partial charge in [-0.25, -0.2) is 9.69 Å². The van der Waals surface area contributed by atoms with Gasteiger partial charge in [-0.15, -0.1) is 0 Å². The molecule has 5 nitrogen and oxygen atoms in total. The second kappa shape index (κ2) is 4.41. The van der Waals surface area contributed by atoms with E-state index in [1.807, 2.05) is 13.0 Å². The minimum absolute atomic E-state index is 0.407. The highest BCUT2D eigenvalue weighted by Crippen LogP contribution is 2.45. The molecule has 0 unspecified atom stereocenters. The van der Waals surface area contributed by atoms with Crippen molar-refractivity contribution in [3.63, 3.8) is 0 Å². The highest BCUT2D eigenvalue weighted by atomic mass is 79.9. The predicted molar refractivity (Wildman–Crippen MR) is 76.2 cm³/mol. The van der Waals surface area contributed by atoms with Gasteiger partial charge >= 0.3 is 6.03 Å². The Morgan fingerprint density at radius 1 is 1.20 bits per heavy atom. The van der Waals surface area contributed by atoms with Gasteiger partial charge < -0.3 is 0 Å². The molecule has 1 saturated heterocycles. The van der Waals surface area contributed by atoms with Crippen molar-refractivity contribution in [1.29, 1.82) is 0 Å². The number of nitrogens with one attached hydrogen (secondary N) is 1. The van der Waals surface area contributed by atoms with Gasteiger partial charge in [0, 0.05) is 4.47 Å². The Morgan fingerprint density at radius 2 is 1.90 bits per heavy atom. The molecule has 104 valence electrons. The fourth-order valence-corrected chi connectivity index (χ4v) is 3.32. The molecule has 6 heteroatoms. The largest absolute Gasteiger partial charge is 0.335 e. The Morgan fingerprint density at radius 3 is 2.45 bits per heavy atom. The molecule has 4 amide bonds. The number of hydrogen-bond donors (Lipinski definition) is 1. The summed E-state index contributed by atoms with van der Waals surface area (Å²) in [4.78, 5) is 37.6. The number of hydrogen-bond acceptors (Lipinski definition) is 3. The lowest BCUT2D eigenvalue weighted by atomic mass is 9.66. The first-order valence-electron chi connectivity index (χ1n) is 6.41. The van der Waals surface area contributed by atoms with E-state index in [1.165, 1.54) is 0 Å². The van der Waals surface area contributed by atoms with E-state index in [2.05, 4.69) is 21.2 Å². The van der Waals surface area contributed by atoms with E-state index in [9.17, 15) is 14.4 Å². The first kappa shape index (κ1) is 13.3. The summed E-state index contributed by atoms with van der Waals surface area (Å²) in [5, 5.41) is 2.30. The van der Waals surface area contributed by atoms with Gasteiger partial charge in [0.1, 0.15) is 5.41 Å². The average molecular weight is 337 g/mol. The molecule has 1 aromatic carbocycles. The molecule has 1 aliphatic carbocycles. The molecule has 2 fully saturated rings. The number of carbonyl (C=O) groups excluding carboxylic acids is 3. The van der Waals surface area contributed by atoms with Crippen molar-refractivity contribution in [1.82, 2.24) is 5.32 Å². The number of benzene rings is 1. The minimum atomic E-state index is -1.04. The third-order valence-electron chi connectivity index (χ3n) is 3.96. The van der Waals surface area contributed by atoms with Gasteiger partial charge in [0.25, 0.3) is 5.91 Å². The number of anilines is 1. The Balaban J connectivity index is 2.05. The summed E-state index contributed by atoms with van der Waals surface area (Å²) in [6.07, 6.45) is 1.85. The van der Waals surface area contributed by atoms with Crippen LogP contribution in [0.2, 0.25) is 0 Å². The summed E-state index contributed by atoms with van der Waals surface area (Å²) in [5.74, 6) is -0.864. The molecule has 2 aliphatic rings. The van der Waals surface area contributed by atoms with Crippen molar-refractivity contribution in [2.24, 2.45) is 5.41 Å². The predicted octanol–water partition coefficient (Wildman–Crippen LogP) is 2.51. The summed E-state index contributed by atoms with van der Waals surface area (Å²) >= 11 is 3.35. The summed E-state index contributed by atoms with van der Waals surface area (Å²) in [7, 11) is 0. The number of aryl methyl sites for hydroxylation is 1. The third kappa shape index (κ3) is 1.78. The lowest BCUT2D eigenvalue weighted by molar-refractivity contribution is -0.148. The van der Waals surface area contributed by atoms with Crippen LogP contribution in [0.25, 0.3) is 0 Å². The number of barbiturate groups is 1. The monoisotopic (exact) mass is 336 g/mol. The molecule has 0 aromatic heterocycles. The van der Waals surface area contributed by atoms with E-state index in [-0.39, 0.29) is 0 Å². The van der Waals surface area contributed by atoms with E-state index in [0.717, 1.165) is 21.4 Å². The van der Waals surface area contributed by atoms with Gasteiger partial charge in [0.15, 0.2) is 0 Å². The molecule has 20 heavy (non-hydrogen) atoms. The van der Waals surface area contributed by atoms with Crippen LogP contribution < -0.4 is 10.2 Å². The van der Waals surface area contributed by atoms with Crippen molar-refractivity contribution in [3.8, 4) is 0 Å². The maximum Gasteiger partial charge on any atom is 0.335 e. The number of carbonyl (C=O) groups is 3. The highest BCUT2D eigenvalue weighted by molar-refractivity contribution is 9.10. The number of rotatable bonds is 1. The quantitative estimate of drug-likeness (QED) is 0.801. The van der Waals surface area contributed by atoms with Crippen LogP contribution in [0.3, 0.4) is 0 Å². The fourth-order valence-electron chi connectivity index (χ4n) is 2.73. The van der Waals surface area contributed by atoms with E-state index in [1.54, 1.807) is 12.1 Å².